The normalized spacial score (nSPS) is 13.2. The van der Waals surface area contributed by atoms with Crippen molar-refractivity contribution in [3.63, 3.8) is 0 Å². The molecule has 2 aromatic carbocycles. The Hall–Kier alpha value is -2.45. The molecule has 1 heterocycles. The quantitative estimate of drug-likeness (QED) is 0.858. The van der Waals surface area contributed by atoms with E-state index in [0.717, 1.165) is 0 Å². The fourth-order valence-electron chi connectivity index (χ4n) is 2.40. The minimum absolute atomic E-state index is 0.0336. The summed E-state index contributed by atoms with van der Waals surface area (Å²) in [6, 6.07) is 8.75. The van der Waals surface area contributed by atoms with Crippen molar-refractivity contribution in [3.05, 3.63) is 47.0 Å². The molecule has 7 nitrogen and oxygen atoms in total. The number of rotatable bonds is 4. The van der Waals surface area contributed by atoms with Gasteiger partial charge in [-0.2, -0.15) is 0 Å². The van der Waals surface area contributed by atoms with E-state index in [2.05, 4.69) is 4.72 Å². The van der Waals surface area contributed by atoms with Gasteiger partial charge in [-0.3, -0.25) is 9.52 Å². The van der Waals surface area contributed by atoms with E-state index in [4.69, 9.17) is 21.1 Å². The molecule has 0 saturated heterocycles. The largest absolute Gasteiger partial charge is 0.486 e. The molecule has 0 bridgehead atoms. The summed E-state index contributed by atoms with van der Waals surface area (Å²) in [5, 5.41) is 0.158. The third-order valence-corrected chi connectivity index (χ3v) is 5.37. The molecule has 9 heteroatoms. The first-order chi connectivity index (χ1) is 12.3. The lowest BCUT2D eigenvalue weighted by atomic mass is 10.2. The van der Waals surface area contributed by atoms with Crippen molar-refractivity contribution >= 4 is 33.2 Å². The summed E-state index contributed by atoms with van der Waals surface area (Å²) in [5.74, 6) is 0.616. The van der Waals surface area contributed by atoms with Crippen molar-refractivity contribution in [2.45, 2.75) is 4.90 Å². The van der Waals surface area contributed by atoms with Gasteiger partial charge in [0, 0.05) is 20.2 Å². The molecule has 0 aliphatic carbocycles. The van der Waals surface area contributed by atoms with Gasteiger partial charge in [-0.25, -0.2) is 8.42 Å². The molecular formula is C17H17ClN2O5S. The molecule has 26 heavy (non-hydrogen) atoms. The van der Waals surface area contributed by atoms with Crippen LogP contribution in [0.4, 0.5) is 5.69 Å². The Morgan fingerprint density at radius 3 is 2.42 bits per heavy atom. The molecule has 0 spiro atoms. The van der Waals surface area contributed by atoms with Crippen LogP contribution in [0, 0.1) is 0 Å². The number of hydrogen-bond acceptors (Lipinski definition) is 5. The van der Waals surface area contributed by atoms with Crippen LogP contribution in [0.15, 0.2) is 41.3 Å². The minimum atomic E-state index is -3.85. The van der Waals surface area contributed by atoms with Crippen LogP contribution in [0.5, 0.6) is 11.5 Å². The number of nitrogens with one attached hydrogen (secondary N) is 1. The lowest BCUT2D eigenvalue weighted by molar-refractivity contribution is 0.0828. The molecule has 3 rings (SSSR count). The van der Waals surface area contributed by atoms with Crippen molar-refractivity contribution in [1.29, 1.82) is 0 Å². The van der Waals surface area contributed by atoms with E-state index in [1.165, 1.54) is 35.2 Å². The number of halogens is 1. The number of fused-ring (bicyclic) bond motifs is 1. The zero-order valence-corrected chi connectivity index (χ0v) is 15.7. The smallest absolute Gasteiger partial charge is 0.262 e. The van der Waals surface area contributed by atoms with Crippen LogP contribution in [-0.4, -0.2) is 46.5 Å². The standard InChI is InChI=1S/C17H17ClN2O5S/c1-20(2)17(21)13-5-3-11(9-14(13)18)19-26(22,23)12-4-6-15-16(10-12)25-8-7-24-15/h3-6,9-10,19H,7-8H2,1-2H3. The first-order valence-electron chi connectivity index (χ1n) is 7.71. The molecule has 1 amide bonds. The Bertz CT molecular complexity index is 960. The number of sulfonamides is 1. The number of nitrogens with zero attached hydrogens (tertiary/aromatic N) is 1. The molecule has 0 fully saturated rings. The molecule has 1 aliphatic rings. The van der Waals surface area contributed by atoms with E-state index in [1.807, 2.05) is 0 Å². The molecule has 1 N–H and O–H groups in total. The third kappa shape index (κ3) is 3.71. The Kier molecular flexibility index (Phi) is 4.97. The van der Waals surface area contributed by atoms with Crippen LogP contribution in [-0.2, 0) is 10.0 Å². The highest BCUT2D eigenvalue weighted by molar-refractivity contribution is 7.92. The molecule has 0 unspecified atom stereocenters. The van der Waals surface area contributed by atoms with Crippen LogP contribution >= 0.6 is 11.6 Å². The lowest BCUT2D eigenvalue weighted by Crippen LogP contribution is -2.22. The summed E-state index contributed by atoms with van der Waals surface area (Å²) < 4.78 is 38.4. The van der Waals surface area contributed by atoms with Crippen LogP contribution < -0.4 is 14.2 Å². The van der Waals surface area contributed by atoms with E-state index in [1.54, 1.807) is 20.2 Å². The molecule has 2 aromatic rings. The highest BCUT2D eigenvalue weighted by Gasteiger charge is 2.20. The number of carbonyl (C=O) groups excluding carboxylic acids is 1. The van der Waals surface area contributed by atoms with Gasteiger partial charge < -0.3 is 14.4 Å². The zero-order chi connectivity index (χ0) is 18.9. The van der Waals surface area contributed by atoms with E-state index >= 15 is 0 Å². The fourth-order valence-corrected chi connectivity index (χ4v) is 3.72. The van der Waals surface area contributed by atoms with Gasteiger partial charge >= 0.3 is 0 Å². The number of ether oxygens (including phenoxy) is 2. The second kappa shape index (κ2) is 7.05. The SMILES string of the molecule is CN(C)C(=O)c1ccc(NS(=O)(=O)c2ccc3c(c2)OCCO3)cc1Cl. The monoisotopic (exact) mass is 396 g/mol. The maximum atomic E-state index is 12.6. The molecule has 1 aliphatic heterocycles. The van der Waals surface area contributed by atoms with Gasteiger partial charge in [-0.05, 0) is 30.3 Å². The molecule has 0 saturated carbocycles. The van der Waals surface area contributed by atoms with E-state index in [9.17, 15) is 13.2 Å². The summed E-state index contributed by atoms with van der Waals surface area (Å²) in [6.45, 7) is 0.786. The maximum Gasteiger partial charge on any atom is 0.262 e. The van der Waals surface area contributed by atoms with Crippen LogP contribution in [0.1, 0.15) is 10.4 Å². The van der Waals surface area contributed by atoms with Crippen molar-refractivity contribution in [2.75, 3.05) is 32.0 Å². The van der Waals surface area contributed by atoms with Gasteiger partial charge in [-0.15, -0.1) is 0 Å². The summed E-state index contributed by atoms with van der Waals surface area (Å²) in [6.07, 6.45) is 0. The van der Waals surface area contributed by atoms with Gasteiger partial charge in [0.15, 0.2) is 11.5 Å². The van der Waals surface area contributed by atoms with Crippen molar-refractivity contribution in [1.82, 2.24) is 4.90 Å². The summed E-state index contributed by atoms with van der Waals surface area (Å²) in [4.78, 5) is 13.4. The number of hydrogen-bond donors (Lipinski definition) is 1. The predicted molar refractivity (Wildman–Crippen MR) is 97.7 cm³/mol. The van der Waals surface area contributed by atoms with Crippen molar-refractivity contribution < 1.29 is 22.7 Å². The molecule has 138 valence electrons. The average Bonchev–Trinajstić information content (AvgIpc) is 2.60. The molecular weight excluding hydrogens is 380 g/mol. The van der Waals surface area contributed by atoms with Crippen LogP contribution in [0.25, 0.3) is 0 Å². The molecule has 0 aromatic heterocycles. The topological polar surface area (TPSA) is 84.9 Å². The summed E-state index contributed by atoms with van der Waals surface area (Å²) in [7, 11) is -0.636. The highest BCUT2D eigenvalue weighted by atomic mass is 35.5. The summed E-state index contributed by atoms with van der Waals surface area (Å²) in [5.41, 5.74) is 0.541. The second-order valence-corrected chi connectivity index (χ2v) is 7.89. The van der Waals surface area contributed by atoms with Gasteiger partial charge in [0.05, 0.1) is 21.2 Å². The molecule has 0 radical (unpaired) electrons. The average molecular weight is 397 g/mol. The Morgan fingerprint density at radius 2 is 1.77 bits per heavy atom. The number of benzene rings is 2. The highest BCUT2D eigenvalue weighted by Crippen LogP contribution is 2.33. The Labute approximate surface area is 156 Å². The minimum Gasteiger partial charge on any atom is -0.486 e. The van der Waals surface area contributed by atoms with Crippen molar-refractivity contribution in [3.8, 4) is 11.5 Å². The fraction of sp³-hybridized carbons (Fsp3) is 0.235. The van der Waals surface area contributed by atoms with Gasteiger partial charge in [-0.1, -0.05) is 11.6 Å². The van der Waals surface area contributed by atoms with Crippen LogP contribution in [0.2, 0.25) is 5.02 Å². The number of amides is 1. The van der Waals surface area contributed by atoms with E-state index < -0.39 is 10.0 Å². The van der Waals surface area contributed by atoms with Gasteiger partial charge in [0.1, 0.15) is 13.2 Å². The second-order valence-electron chi connectivity index (χ2n) is 5.81. The predicted octanol–water partition coefficient (Wildman–Crippen LogP) is 2.61. The Balaban J connectivity index is 1.86. The first kappa shape index (κ1) is 18.3. The maximum absolute atomic E-state index is 12.6. The first-order valence-corrected chi connectivity index (χ1v) is 9.58. The van der Waals surface area contributed by atoms with Gasteiger partial charge in [0.25, 0.3) is 15.9 Å². The van der Waals surface area contributed by atoms with Crippen LogP contribution in [0.3, 0.4) is 0 Å². The van der Waals surface area contributed by atoms with E-state index in [0.29, 0.717) is 30.3 Å². The number of carbonyl (C=O) groups is 1. The van der Waals surface area contributed by atoms with Gasteiger partial charge in [0.2, 0.25) is 0 Å². The van der Waals surface area contributed by atoms with Crippen molar-refractivity contribution in [2.24, 2.45) is 0 Å². The zero-order valence-electron chi connectivity index (χ0n) is 14.2. The Morgan fingerprint density at radius 1 is 1.08 bits per heavy atom. The lowest BCUT2D eigenvalue weighted by Gasteiger charge is -2.19. The number of anilines is 1. The molecule has 0 atom stereocenters. The van der Waals surface area contributed by atoms with E-state index in [-0.39, 0.29) is 21.5 Å². The summed E-state index contributed by atoms with van der Waals surface area (Å²) >= 11 is 6.12. The third-order valence-electron chi connectivity index (χ3n) is 3.68.